The number of carbonyl (C=O) groups is 3. The topological polar surface area (TPSA) is 105 Å². The van der Waals surface area contributed by atoms with Gasteiger partial charge in [0.15, 0.2) is 5.92 Å². The van der Waals surface area contributed by atoms with E-state index in [0.29, 0.717) is 23.2 Å². The lowest BCUT2D eigenvalue weighted by molar-refractivity contribution is -0.162. The summed E-state index contributed by atoms with van der Waals surface area (Å²) >= 11 is 0. The molecule has 0 saturated carbocycles. The third kappa shape index (κ3) is 4.37. The highest BCUT2D eigenvalue weighted by atomic mass is 19.4. The Morgan fingerprint density at radius 3 is 2.16 bits per heavy atom. The predicted octanol–water partition coefficient (Wildman–Crippen LogP) is 3.58. The average Bonchev–Trinajstić information content (AvgIpc) is 3.03. The molecule has 0 radical (unpaired) electrons. The Balaban J connectivity index is 1.82. The van der Waals surface area contributed by atoms with Crippen LogP contribution in [0.2, 0.25) is 0 Å². The van der Waals surface area contributed by atoms with Crippen LogP contribution in [0.1, 0.15) is 16.7 Å². The summed E-state index contributed by atoms with van der Waals surface area (Å²) < 4.78 is 83.9. The fraction of sp³-hybridized carbons (Fsp3) is 0.304. The maximum Gasteiger partial charge on any atom is 0.417 e. The summed E-state index contributed by atoms with van der Waals surface area (Å²) in [6.07, 6.45) is -10.9. The largest absolute Gasteiger partial charge is 0.481 e. The number of urea groups is 1. The third-order valence-corrected chi connectivity index (χ3v) is 6.32. The van der Waals surface area contributed by atoms with Crippen molar-refractivity contribution >= 4 is 34.6 Å². The van der Waals surface area contributed by atoms with Gasteiger partial charge in [-0.25, -0.2) is 9.59 Å². The van der Waals surface area contributed by atoms with E-state index in [1.807, 2.05) is 0 Å². The van der Waals surface area contributed by atoms with Gasteiger partial charge in [-0.1, -0.05) is 12.1 Å². The van der Waals surface area contributed by atoms with Crippen LogP contribution in [0.4, 0.5) is 36.8 Å². The Morgan fingerprint density at radius 1 is 0.947 bits per heavy atom. The molecule has 2 aromatic carbocycles. The van der Waals surface area contributed by atoms with E-state index in [9.17, 15) is 50.6 Å². The van der Waals surface area contributed by atoms with Crippen molar-refractivity contribution in [2.45, 2.75) is 18.9 Å². The molecule has 0 bridgehead atoms. The molecule has 1 saturated heterocycles. The second-order valence-electron chi connectivity index (χ2n) is 8.62. The van der Waals surface area contributed by atoms with Crippen molar-refractivity contribution in [2.75, 3.05) is 11.4 Å². The minimum absolute atomic E-state index is 0.0209. The number of alkyl halides is 6. The highest BCUT2D eigenvalue weighted by molar-refractivity contribution is 6.12. The van der Waals surface area contributed by atoms with Gasteiger partial charge in [0.1, 0.15) is 0 Å². The van der Waals surface area contributed by atoms with E-state index in [1.165, 1.54) is 41.4 Å². The first kappa shape index (κ1) is 26.8. The molecule has 0 aliphatic carbocycles. The van der Waals surface area contributed by atoms with Crippen LogP contribution in [0.15, 0.2) is 41.2 Å². The third-order valence-electron chi connectivity index (χ3n) is 6.32. The first-order chi connectivity index (χ1) is 17.5. The monoisotopic (exact) mass is 544 g/mol. The lowest BCUT2D eigenvalue weighted by Gasteiger charge is -2.37. The number of aliphatic carboxylic acids is 1. The summed E-state index contributed by atoms with van der Waals surface area (Å²) in [5.74, 6) is -4.98. The van der Waals surface area contributed by atoms with Crippen molar-refractivity contribution in [3.63, 3.8) is 0 Å². The zero-order valence-corrected chi connectivity index (χ0v) is 19.6. The first-order valence-electron chi connectivity index (χ1n) is 10.8. The van der Waals surface area contributed by atoms with Gasteiger partial charge in [-0.05, 0) is 29.8 Å². The van der Waals surface area contributed by atoms with E-state index in [-0.39, 0.29) is 16.7 Å². The smallest absolute Gasteiger partial charge is 0.417 e. The normalized spacial score (nSPS) is 17.0. The summed E-state index contributed by atoms with van der Waals surface area (Å²) in [5.41, 5.74) is -4.75. The molecule has 2 heterocycles. The maximum atomic E-state index is 13.7. The molecular weight excluding hydrogens is 526 g/mol. The Kier molecular flexibility index (Phi) is 6.28. The lowest BCUT2D eigenvalue weighted by atomic mass is 9.98. The number of aryl methyl sites for hydroxylation is 2. The van der Waals surface area contributed by atoms with Gasteiger partial charge >= 0.3 is 30.0 Å². The van der Waals surface area contributed by atoms with Gasteiger partial charge in [0.25, 0.3) is 0 Å². The van der Waals surface area contributed by atoms with Crippen LogP contribution in [0, 0.1) is 5.92 Å². The highest BCUT2D eigenvalue weighted by Crippen LogP contribution is 2.42. The lowest BCUT2D eigenvalue weighted by Crippen LogP contribution is -2.58. The van der Waals surface area contributed by atoms with E-state index in [2.05, 4.69) is 0 Å². The number of halogens is 6. The number of rotatable bonds is 4. The molecule has 1 fully saturated rings. The maximum absolute atomic E-state index is 13.7. The number of carbonyl (C=O) groups excluding carboxylic acids is 2. The van der Waals surface area contributed by atoms with E-state index in [0.717, 1.165) is 4.90 Å². The van der Waals surface area contributed by atoms with E-state index in [4.69, 9.17) is 0 Å². The quantitative estimate of drug-likeness (QED) is 0.400. The Bertz CT molecular complexity index is 1540. The fourth-order valence-electron chi connectivity index (χ4n) is 4.45. The van der Waals surface area contributed by atoms with Crippen molar-refractivity contribution < 1.29 is 45.8 Å². The summed E-state index contributed by atoms with van der Waals surface area (Å²) in [6.45, 7) is -1.95. The van der Waals surface area contributed by atoms with Gasteiger partial charge in [-0.15, -0.1) is 0 Å². The van der Waals surface area contributed by atoms with Gasteiger partial charge in [0, 0.05) is 26.3 Å². The molecule has 9 nitrogen and oxygen atoms in total. The molecule has 38 heavy (non-hydrogen) atoms. The number of benzene rings is 2. The van der Waals surface area contributed by atoms with Gasteiger partial charge in [-0.2, -0.15) is 26.3 Å². The standard InChI is InChI=1S/C23H18F6N4O5/c1-30-15-7-6-12(8-16(15)31(2)20(30)37)32-10-13(19(35)36)18(34)33(21(32)38)9-11-4-3-5-14(22(24,25)26)17(11)23(27,28)29/h3-8,13H,9-10H2,1-2H3,(H,35,36). The number of amides is 3. The summed E-state index contributed by atoms with van der Waals surface area (Å²) in [7, 11) is 2.93. The average molecular weight is 544 g/mol. The SMILES string of the molecule is Cn1c(=O)n(C)c2cc(N3CC(C(=O)O)C(=O)N(Cc4cccc(C(F)(F)F)c4C(F)(F)F)C3=O)ccc21. The molecule has 1 atom stereocenters. The number of carboxylic acid groups (broad SMARTS) is 1. The number of imidazole rings is 1. The second-order valence-corrected chi connectivity index (χ2v) is 8.62. The molecule has 3 aromatic rings. The molecule has 1 aliphatic heterocycles. The van der Waals surface area contributed by atoms with Crippen LogP contribution in [0.25, 0.3) is 11.0 Å². The molecule has 0 spiro atoms. The van der Waals surface area contributed by atoms with Crippen LogP contribution in [0.5, 0.6) is 0 Å². The molecule has 3 amide bonds. The molecule has 1 N–H and O–H groups in total. The van der Waals surface area contributed by atoms with Crippen molar-refractivity contribution in [1.82, 2.24) is 14.0 Å². The van der Waals surface area contributed by atoms with Gasteiger partial charge in [-0.3, -0.25) is 28.5 Å². The predicted molar refractivity (Wildman–Crippen MR) is 119 cm³/mol. The Morgan fingerprint density at radius 2 is 1.58 bits per heavy atom. The van der Waals surface area contributed by atoms with Crippen LogP contribution in [-0.4, -0.2) is 43.6 Å². The van der Waals surface area contributed by atoms with Crippen LogP contribution >= 0.6 is 0 Å². The van der Waals surface area contributed by atoms with E-state index < -0.39 is 71.6 Å². The molecular formula is C23H18F6N4O5. The summed E-state index contributed by atoms with van der Waals surface area (Å²) in [4.78, 5) is 51.2. The molecule has 1 aromatic heterocycles. The molecule has 202 valence electrons. The van der Waals surface area contributed by atoms with E-state index in [1.54, 1.807) is 0 Å². The fourth-order valence-corrected chi connectivity index (χ4v) is 4.45. The number of hydrogen-bond donors (Lipinski definition) is 1. The van der Waals surface area contributed by atoms with Crippen molar-refractivity contribution in [1.29, 1.82) is 0 Å². The van der Waals surface area contributed by atoms with Gasteiger partial charge in [0.05, 0.1) is 28.7 Å². The van der Waals surface area contributed by atoms with Gasteiger partial charge in [0.2, 0.25) is 5.91 Å². The number of carboxylic acids is 1. The number of hydrogen-bond acceptors (Lipinski definition) is 4. The minimum atomic E-state index is -5.50. The minimum Gasteiger partial charge on any atom is -0.481 e. The zero-order chi connectivity index (χ0) is 28.3. The van der Waals surface area contributed by atoms with Crippen LogP contribution in [0.3, 0.4) is 0 Å². The van der Waals surface area contributed by atoms with E-state index >= 15 is 0 Å². The molecule has 4 rings (SSSR count). The molecule has 15 heteroatoms. The second kappa shape index (κ2) is 8.92. The number of imide groups is 1. The van der Waals surface area contributed by atoms with Crippen LogP contribution in [-0.2, 0) is 42.6 Å². The number of anilines is 1. The number of aromatic nitrogens is 2. The highest BCUT2D eigenvalue weighted by Gasteiger charge is 2.47. The molecule has 1 aliphatic rings. The summed E-state index contributed by atoms with van der Waals surface area (Å²) in [5, 5.41) is 9.57. The van der Waals surface area contributed by atoms with Crippen molar-refractivity contribution in [3.8, 4) is 0 Å². The van der Waals surface area contributed by atoms with Gasteiger partial charge < -0.3 is 5.11 Å². The first-order valence-corrected chi connectivity index (χ1v) is 10.8. The van der Waals surface area contributed by atoms with Crippen molar-refractivity contribution in [3.05, 3.63) is 63.6 Å². The Labute approximate surface area is 209 Å². The number of nitrogens with zero attached hydrogens (tertiary/aromatic N) is 4. The Hall–Kier alpha value is -4.30. The number of fused-ring (bicyclic) bond motifs is 1. The van der Waals surface area contributed by atoms with Crippen molar-refractivity contribution in [2.24, 2.45) is 20.0 Å². The van der Waals surface area contributed by atoms with Crippen LogP contribution < -0.4 is 10.6 Å². The molecule has 1 unspecified atom stereocenters. The summed E-state index contributed by atoms with van der Waals surface area (Å²) in [6, 6.07) is 4.51. The zero-order valence-electron chi connectivity index (χ0n) is 19.6.